The molecule has 1 atom stereocenters. The van der Waals surface area contributed by atoms with Crippen LogP contribution in [0.3, 0.4) is 0 Å². The van der Waals surface area contributed by atoms with Gasteiger partial charge in [-0.05, 0) is 24.8 Å². The summed E-state index contributed by atoms with van der Waals surface area (Å²) in [4.78, 5) is 37.5. The first-order valence-electron chi connectivity index (χ1n) is 11.2. The van der Waals surface area contributed by atoms with E-state index in [-0.39, 0.29) is 24.7 Å². The van der Waals surface area contributed by atoms with Crippen LogP contribution in [0.4, 0.5) is 0 Å². The highest BCUT2D eigenvalue weighted by Gasteiger charge is 2.21. The molecule has 168 valence electrons. The summed E-state index contributed by atoms with van der Waals surface area (Å²) in [7, 11) is 1.72. The van der Waals surface area contributed by atoms with Crippen LogP contribution in [0.15, 0.2) is 30.3 Å². The monoisotopic (exact) mass is 418 g/mol. The first-order chi connectivity index (χ1) is 14.4. The van der Waals surface area contributed by atoms with Gasteiger partial charge < -0.3 is 15.3 Å². The quantitative estimate of drug-likeness (QED) is 0.394. The lowest BCUT2D eigenvalue weighted by molar-refractivity contribution is -0.142. The maximum Gasteiger partial charge on any atom is 0.326 e. The largest absolute Gasteiger partial charge is 0.480 e. The smallest absolute Gasteiger partial charge is 0.326 e. The van der Waals surface area contributed by atoms with Crippen molar-refractivity contribution in [2.75, 3.05) is 13.6 Å². The number of hydrogen-bond donors (Lipinski definition) is 2. The van der Waals surface area contributed by atoms with Gasteiger partial charge in [0.1, 0.15) is 6.04 Å². The predicted octanol–water partition coefficient (Wildman–Crippen LogP) is 4.18. The number of carboxylic acid groups (broad SMARTS) is 1. The molecule has 1 rings (SSSR count). The van der Waals surface area contributed by atoms with Crippen molar-refractivity contribution in [3.63, 3.8) is 0 Å². The Morgan fingerprint density at radius 2 is 1.60 bits per heavy atom. The molecule has 0 aliphatic heterocycles. The Hall–Kier alpha value is -2.37. The van der Waals surface area contributed by atoms with Gasteiger partial charge in [-0.1, -0.05) is 75.8 Å². The molecule has 0 aliphatic rings. The van der Waals surface area contributed by atoms with Gasteiger partial charge in [0.15, 0.2) is 0 Å². The number of amides is 2. The molecule has 6 heteroatoms. The Labute approximate surface area is 181 Å². The highest BCUT2D eigenvalue weighted by Crippen LogP contribution is 2.09. The number of nitrogens with zero attached hydrogens (tertiary/aromatic N) is 1. The lowest BCUT2D eigenvalue weighted by Gasteiger charge is -2.19. The van der Waals surface area contributed by atoms with Crippen molar-refractivity contribution < 1.29 is 19.5 Å². The zero-order chi connectivity index (χ0) is 22.2. The Balaban J connectivity index is 2.27. The van der Waals surface area contributed by atoms with E-state index in [1.807, 2.05) is 30.3 Å². The normalized spacial score (nSPS) is 11.7. The summed E-state index contributed by atoms with van der Waals surface area (Å²) < 4.78 is 0. The number of rotatable bonds is 16. The van der Waals surface area contributed by atoms with Crippen molar-refractivity contribution >= 4 is 17.8 Å². The second-order valence-electron chi connectivity index (χ2n) is 7.92. The Bertz CT molecular complexity index is 633. The van der Waals surface area contributed by atoms with Gasteiger partial charge in [-0.25, -0.2) is 4.79 Å². The highest BCUT2D eigenvalue weighted by molar-refractivity contribution is 5.84. The van der Waals surface area contributed by atoms with Crippen LogP contribution in [0, 0.1) is 0 Å². The lowest BCUT2D eigenvalue weighted by atomic mass is 10.1. The number of carbonyl (C=O) groups excluding carboxylic acids is 2. The van der Waals surface area contributed by atoms with Crippen LogP contribution in [-0.2, 0) is 20.8 Å². The summed E-state index contributed by atoms with van der Waals surface area (Å²) in [6.07, 6.45) is 9.04. The maximum absolute atomic E-state index is 12.3. The molecule has 0 bridgehead atoms. The molecule has 0 saturated carbocycles. The Kier molecular flexibility index (Phi) is 13.2. The molecule has 0 aliphatic carbocycles. The molecule has 1 unspecified atom stereocenters. The SMILES string of the molecule is CCCCCCCCCC(=O)NC(CCC(=O)N(C)CCc1ccccc1)C(=O)O. The van der Waals surface area contributed by atoms with Gasteiger partial charge >= 0.3 is 5.97 Å². The van der Waals surface area contributed by atoms with Gasteiger partial charge in [0.05, 0.1) is 0 Å². The first-order valence-corrected chi connectivity index (χ1v) is 11.2. The van der Waals surface area contributed by atoms with Crippen molar-refractivity contribution in [1.82, 2.24) is 10.2 Å². The van der Waals surface area contributed by atoms with Crippen molar-refractivity contribution in [3.05, 3.63) is 35.9 Å². The molecule has 0 heterocycles. The van der Waals surface area contributed by atoms with Crippen molar-refractivity contribution in [2.24, 2.45) is 0 Å². The number of likely N-dealkylation sites (N-methyl/N-ethyl adjacent to an activating group) is 1. The molecule has 1 aromatic rings. The van der Waals surface area contributed by atoms with E-state index in [9.17, 15) is 19.5 Å². The average Bonchev–Trinajstić information content (AvgIpc) is 2.74. The van der Waals surface area contributed by atoms with Gasteiger partial charge in [0.2, 0.25) is 11.8 Å². The fourth-order valence-electron chi connectivity index (χ4n) is 3.29. The third-order valence-electron chi connectivity index (χ3n) is 5.29. The molecule has 0 radical (unpaired) electrons. The van der Waals surface area contributed by atoms with Crippen LogP contribution in [0.2, 0.25) is 0 Å². The van der Waals surface area contributed by atoms with Gasteiger partial charge in [0.25, 0.3) is 0 Å². The number of aliphatic carboxylic acids is 1. The molecule has 2 amide bonds. The second-order valence-corrected chi connectivity index (χ2v) is 7.92. The van der Waals surface area contributed by atoms with Crippen molar-refractivity contribution in [3.8, 4) is 0 Å². The lowest BCUT2D eigenvalue weighted by Crippen LogP contribution is -2.41. The summed E-state index contributed by atoms with van der Waals surface area (Å²) in [5.41, 5.74) is 1.15. The van der Waals surface area contributed by atoms with Crippen LogP contribution >= 0.6 is 0 Å². The zero-order valence-electron chi connectivity index (χ0n) is 18.6. The van der Waals surface area contributed by atoms with Gasteiger partial charge in [-0.2, -0.15) is 0 Å². The number of unbranched alkanes of at least 4 members (excludes halogenated alkanes) is 6. The van der Waals surface area contributed by atoms with E-state index in [1.54, 1.807) is 11.9 Å². The number of nitrogens with one attached hydrogen (secondary N) is 1. The van der Waals surface area contributed by atoms with E-state index in [2.05, 4.69) is 12.2 Å². The van der Waals surface area contributed by atoms with Crippen molar-refractivity contribution in [1.29, 1.82) is 0 Å². The third-order valence-corrected chi connectivity index (χ3v) is 5.29. The van der Waals surface area contributed by atoms with E-state index in [4.69, 9.17) is 0 Å². The molecular weight excluding hydrogens is 380 g/mol. The summed E-state index contributed by atoms with van der Waals surface area (Å²) >= 11 is 0. The van der Waals surface area contributed by atoms with Crippen LogP contribution in [0.5, 0.6) is 0 Å². The predicted molar refractivity (Wildman–Crippen MR) is 119 cm³/mol. The maximum atomic E-state index is 12.3. The highest BCUT2D eigenvalue weighted by atomic mass is 16.4. The number of carboxylic acids is 1. The van der Waals surface area contributed by atoms with Crippen LogP contribution in [0.1, 0.15) is 76.7 Å². The number of hydrogen-bond acceptors (Lipinski definition) is 3. The second kappa shape index (κ2) is 15.5. The molecule has 1 aromatic carbocycles. The minimum absolute atomic E-state index is 0.0972. The first kappa shape index (κ1) is 25.7. The van der Waals surface area contributed by atoms with E-state index in [0.717, 1.165) is 31.2 Å². The van der Waals surface area contributed by atoms with Gasteiger partial charge in [0, 0.05) is 26.4 Å². The molecule has 0 aromatic heterocycles. The van der Waals surface area contributed by atoms with E-state index in [0.29, 0.717) is 13.0 Å². The number of benzene rings is 1. The molecule has 2 N–H and O–H groups in total. The fraction of sp³-hybridized carbons (Fsp3) is 0.625. The molecule has 0 fully saturated rings. The summed E-state index contributed by atoms with van der Waals surface area (Å²) in [5.74, 6) is -1.46. The van der Waals surface area contributed by atoms with Gasteiger partial charge in [-0.3, -0.25) is 9.59 Å². The summed E-state index contributed by atoms with van der Waals surface area (Å²) in [5, 5.41) is 11.9. The molecule has 30 heavy (non-hydrogen) atoms. The Morgan fingerprint density at radius 1 is 0.967 bits per heavy atom. The van der Waals surface area contributed by atoms with Crippen LogP contribution in [0.25, 0.3) is 0 Å². The Morgan fingerprint density at radius 3 is 2.23 bits per heavy atom. The third kappa shape index (κ3) is 11.6. The minimum atomic E-state index is -1.09. The molecule has 6 nitrogen and oxygen atoms in total. The standard InChI is InChI=1S/C24H38N2O4/c1-3-4-5-6-7-8-12-15-22(27)25-21(24(29)30)16-17-23(28)26(2)19-18-20-13-10-9-11-14-20/h9-11,13-14,21H,3-8,12,15-19H2,1-2H3,(H,25,27)(H,29,30). The minimum Gasteiger partial charge on any atom is -0.480 e. The van der Waals surface area contributed by atoms with Gasteiger partial charge in [-0.15, -0.1) is 0 Å². The fourth-order valence-corrected chi connectivity index (χ4v) is 3.29. The van der Waals surface area contributed by atoms with Crippen LogP contribution < -0.4 is 5.32 Å². The van der Waals surface area contributed by atoms with Crippen molar-refractivity contribution in [2.45, 2.75) is 83.6 Å². The zero-order valence-corrected chi connectivity index (χ0v) is 18.6. The van der Waals surface area contributed by atoms with Crippen LogP contribution in [-0.4, -0.2) is 47.4 Å². The molecule has 0 saturated heterocycles. The molecular formula is C24H38N2O4. The summed E-state index contributed by atoms with van der Waals surface area (Å²) in [6.45, 7) is 2.75. The molecule has 0 spiro atoms. The van der Waals surface area contributed by atoms with E-state index >= 15 is 0 Å². The summed E-state index contributed by atoms with van der Waals surface area (Å²) in [6, 6.07) is 8.88. The topological polar surface area (TPSA) is 86.7 Å². The van der Waals surface area contributed by atoms with E-state index in [1.165, 1.54) is 25.7 Å². The number of carbonyl (C=O) groups is 3. The average molecular weight is 419 g/mol. The van der Waals surface area contributed by atoms with E-state index < -0.39 is 12.0 Å².